The molecule has 128 valence electrons. The van der Waals surface area contributed by atoms with Crippen LogP contribution < -0.4 is 4.74 Å². The minimum Gasteiger partial charge on any atom is -0.449 e. The second-order valence-electron chi connectivity index (χ2n) is 5.10. The van der Waals surface area contributed by atoms with Crippen LogP contribution in [0, 0.1) is 15.9 Å². The molecule has 7 nitrogen and oxygen atoms in total. The van der Waals surface area contributed by atoms with Crippen molar-refractivity contribution in [2.75, 3.05) is 7.11 Å². The van der Waals surface area contributed by atoms with Crippen molar-refractivity contribution >= 4 is 22.6 Å². The summed E-state index contributed by atoms with van der Waals surface area (Å²) in [6.07, 6.45) is 0. The Morgan fingerprint density at radius 1 is 1.28 bits per heavy atom. The van der Waals surface area contributed by atoms with Crippen molar-refractivity contribution in [3.8, 4) is 5.75 Å². The summed E-state index contributed by atoms with van der Waals surface area (Å²) in [6, 6.07) is 9.51. The molecular formula is C17H12FNO6. The Hall–Kier alpha value is -3.26. The van der Waals surface area contributed by atoms with E-state index in [2.05, 4.69) is 0 Å². The summed E-state index contributed by atoms with van der Waals surface area (Å²) in [5.41, 5.74) is 0.358. The topological polar surface area (TPSA) is 91.8 Å². The second-order valence-corrected chi connectivity index (χ2v) is 5.10. The summed E-state index contributed by atoms with van der Waals surface area (Å²) in [6.45, 7) is 0.0761. The molecule has 0 saturated heterocycles. The van der Waals surface area contributed by atoms with E-state index in [1.165, 1.54) is 7.11 Å². The molecule has 1 aromatic heterocycles. The van der Waals surface area contributed by atoms with Crippen LogP contribution in [0.1, 0.15) is 16.1 Å². The molecule has 0 aliphatic rings. The van der Waals surface area contributed by atoms with Crippen LogP contribution in [0.3, 0.4) is 0 Å². The van der Waals surface area contributed by atoms with Crippen molar-refractivity contribution < 1.29 is 28.0 Å². The van der Waals surface area contributed by atoms with Gasteiger partial charge in [-0.2, -0.15) is 0 Å². The van der Waals surface area contributed by atoms with Crippen LogP contribution in [-0.4, -0.2) is 18.0 Å². The Balaban J connectivity index is 2.02. The molecule has 3 aromatic rings. The number of nitro benzene ring substituents is 1. The lowest BCUT2D eigenvalue weighted by Gasteiger charge is -2.05. The number of nitrogens with zero attached hydrogens (tertiary/aromatic N) is 1. The third-order valence-corrected chi connectivity index (χ3v) is 3.49. The predicted octanol–water partition coefficient (Wildman–Crippen LogP) is 3.85. The van der Waals surface area contributed by atoms with Crippen molar-refractivity contribution in [3.63, 3.8) is 0 Å². The van der Waals surface area contributed by atoms with Crippen LogP contribution in [0.2, 0.25) is 0 Å². The maximum Gasteiger partial charge on any atom is 0.380 e. The number of benzene rings is 2. The van der Waals surface area contributed by atoms with Gasteiger partial charge in [0.1, 0.15) is 11.4 Å². The zero-order valence-electron chi connectivity index (χ0n) is 13.0. The van der Waals surface area contributed by atoms with Crippen molar-refractivity contribution in [1.29, 1.82) is 0 Å². The number of furan rings is 1. The lowest BCUT2D eigenvalue weighted by Crippen LogP contribution is -2.11. The fourth-order valence-corrected chi connectivity index (χ4v) is 2.42. The number of halogens is 1. The van der Waals surface area contributed by atoms with Crippen molar-refractivity contribution in [2.24, 2.45) is 0 Å². The number of nitro groups is 1. The third kappa shape index (κ3) is 3.20. The highest BCUT2D eigenvalue weighted by Gasteiger charge is 2.25. The van der Waals surface area contributed by atoms with Gasteiger partial charge in [-0.25, -0.2) is 9.18 Å². The van der Waals surface area contributed by atoms with Crippen LogP contribution >= 0.6 is 0 Å². The average molecular weight is 345 g/mol. The van der Waals surface area contributed by atoms with E-state index in [1.54, 1.807) is 24.3 Å². The molecule has 0 unspecified atom stereocenters. The largest absolute Gasteiger partial charge is 0.449 e. The zero-order chi connectivity index (χ0) is 18.0. The Bertz CT molecular complexity index is 965. The first kappa shape index (κ1) is 16.6. The molecule has 0 aliphatic carbocycles. The van der Waals surface area contributed by atoms with E-state index in [1.807, 2.05) is 0 Å². The standard InChI is InChI=1S/C17H12FNO6/c1-23-9-12-11-4-2-3-5-14(11)24-16(12)17(20)25-15-8-10(18)6-7-13(15)19(21)22/h2-8H,9H2,1H3. The number of carbonyl (C=O) groups excluding carboxylic acids is 1. The average Bonchev–Trinajstić information content (AvgIpc) is 2.94. The second kappa shape index (κ2) is 6.70. The van der Waals surface area contributed by atoms with Gasteiger partial charge < -0.3 is 13.9 Å². The van der Waals surface area contributed by atoms with E-state index < -0.39 is 28.1 Å². The molecule has 2 aromatic carbocycles. The normalized spacial score (nSPS) is 10.8. The smallest absolute Gasteiger partial charge is 0.380 e. The molecule has 0 spiro atoms. The van der Waals surface area contributed by atoms with Gasteiger partial charge in [-0.1, -0.05) is 18.2 Å². The molecule has 3 rings (SSSR count). The van der Waals surface area contributed by atoms with Gasteiger partial charge in [-0.05, 0) is 12.1 Å². The number of rotatable bonds is 5. The molecule has 0 aliphatic heterocycles. The number of fused-ring (bicyclic) bond motifs is 1. The van der Waals surface area contributed by atoms with Crippen molar-refractivity contribution in [1.82, 2.24) is 0 Å². The zero-order valence-corrected chi connectivity index (χ0v) is 13.0. The van der Waals surface area contributed by atoms with Gasteiger partial charge in [-0.15, -0.1) is 0 Å². The molecule has 0 radical (unpaired) electrons. The van der Waals surface area contributed by atoms with Crippen LogP contribution in [0.5, 0.6) is 5.75 Å². The van der Waals surface area contributed by atoms with Gasteiger partial charge in [0.25, 0.3) is 0 Å². The summed E-state index contributed by atoms with van der Waals surface area (Å²) < 4.78 is 29.0. The first-order chi connectivity index (χ1) is 12.0. The first-order valence-corrected chi connectivity index (χ1v) is 7.16. The number of esters is 1. The molecule has 25 heavy (non-hydrogen) atoms. The number of hydrogen-bond donors (Lipinski definition) is 0. The number of para-hydroxylation sites is 1. The van der Waals surface area contributed by atoms with Crippen LogP contribution in [0.15, 0.2) is 46.9 Å². The summed E-state index contributed by atoms with van der Waals surface area (Å²) >= 11 is 0. The monoisotopic (exact) mass is 345 g/mol. The van der Waals surface area contributed by atoms with Crippen molar-refractivity contribution in [2.45, 2.75) is 6.61 Å². The summed E-state index contributed by atoms with van der Waals surface area (Å²) in [5.74, 6) is -2.40. The summed E-state index contributed by atoms with van der Waals surface area (Å²) in [4.78, 5) is 22.7. The molecule has 0 fully saturated rings. The maximum absolute atomic E-state index is 13.4. The Morgan fingerprint density at radius 3 is 2.76 bits per heavy atom. The Labute approximate surface area is 140 Å². The van der Waals surface area contributed by atoms with E-state index in [0.717, 1.165) is 18.2 Å². The number of hydrogen-bond acceptors (Lipinski definition) is 6. The van der Waals surface area contributed by atoms with Gasteiger partial charge >= 0.3 is 11.7 Å². The van der Waals surface area contributed by atoms with Gasteiger partial charge in [-0.3, -0.25) is 10.1 Å². The van der Waals surface area contributed by atoms with Gasteiger partial charge in [0.05, 0.1) is 11.5 Å². The van der Waals surface area contributed by atoms with Crippen LogP contribution in [0.25, 0.3) is 11.0 Å². The van der Waals surface area contributed by atoms with E-state index >= 15 is 0 Å². The molecule has 0 bridgehead atoms. The summed E-state index contributed by atoms with van der Waals surface area (Å²) in [5, 5.41) is 11.7. The van der Waals surface area contributed by atoms with E-state index in [9.17, 15) is 19.3 Å². The Morgan fingerprint density at radius 2 is 2.04 bits per heavy atom. The first-order valence-electron chi connectivity index (χ1n) is 7.16. The fourth-order valence-electron chi connectivity index (χ4n) is 2.42. The minimum absolute atomic E-state index is 0.0761. The Kier molecular flexibility index (Phi) is 4.44. The fraction of sp³-hybridized carbons (Fsp3) is 0.118. The van der Waals surface area contributed by atoms with Crippen LogP contribution in [-0.2, 0) is 11.3 Å². The van der Waals surface area contributed by atoms with Gasteiger partial charge in [0.15, 0.2) is 0 Å². The van der Waals surface area contributed by atoms with E-state index in [0.29, 0.717) is 16.5 Å². The highest BCUT2D eigenvalue weighted by Crippen LogP contribution is 2.31. The van der Waals surface area contributed by atoms with Gasteiger partial charge in [0, 0.05) is 30.2 Å². The molecule has 0 saturated carbocycles. The third-order valence-electron chi connectivity index (χ3n) is 3.49. The lowest BCUT2D eigenvalue weighted by molar-refractivity contribution is -0.385. The quantitative estimate of drug-likeness (QED) is 0.302. The van der Waals surface area contributed by atoms with E-state index in [4.69, 9.17) is 13.9 Å². The molecule has 0 amide bonds. The summed E-state index contributed by atoms with van der Waals surface area (Å²) in [7, 11) is 1.45. The van der Waals surface area contributed by atoms with Gasteiger partial charge in [0.2, 0.25) is 11.5 Å². The predicted molar refractivity (Wildman–Crippen MR) is 84.9 cm³/mol. The minimum atomic E-state index is -0.975. The highest BCUT2D eigenvalue weighted by atomic mass is 19.1. The van der Waals surface area contributed by atoms with E-state index in [-0.39, 0.29) is 12.4 Å². The SMILES string of the molecule is COCc1c(C(=O)Oc2cc(F)ccc2[N+](=O)[O-])oc2ccccc12. The number of methoxy groups -OCH3 is 1. The van der Waals surface area contributed by atoms with Crippen LogP contribution in [0.4, 0.5) is 10.1 Å². The number of ether oxygens (including phenoxy) is 2. The molecular weight excluding hydrogens is 333 g/mol. The maximum atomic E-state index is 13.4. The van der Waals surface area contributed by atoms with Crippen molar-refractivity contribution in [3.05, 3.63) is 69.7 Å². The highest BCUT2D eigenvalue weighted by molar-refractivity contribution is 5.97. The molecule has 0 atom stereocenters. The number of carbonyl (C=O) groups is 1. The molecule has 1 heterocycles. The molecule has 8 heteroatoms. The molecule has 0 N–H and O–H groups in total. The lowest BCUT2D eigenvalue weighted by atomic mass is 10.1.